The third-order valence-corrected chi connectivity index (χ3v) is 0.737. The number of ether oxygens (including phenoxy) is 1. The maximum atomic E-state index is 10.4. The van der Waals surface area contributed by atoms with E-state index in [2.05, 4.69) is 4.74 Å². The van der Waals surface area contributed by atoms with Gasteiger partial charge in [-0.15, -0.1) is 0 Å². The van der Waals surface area contributed by atoms with Gasteiger partial charge in [-0.25, -0.2) is 4.79 Å². The number of esters is 1. The van der Waals surface area contributed by atoms with E-state index in [-0.39, 0.29) is 12.0 Å². The molecule has 3 nitrogen and oxygen atoms in total. The molecule has 0 saturated carbocycles. The molecule has 0 aromatic heterocycles. The summed E-state index contributed by atoms with van der Waals surface area (Å²) in [6.45, 7) is 5.78. The van der Waals surface area contributed by atoms with E-state index < -0.39 is 0 Å². The number of rotatable bonds is 2. The van der Waals surface area contributed by atoms with Gasteiger partial charge in [-0.2, -0.15) is 0 Å². The second kappa shape index (κ2) is 9.17. The van der Waals surface area contributed by atoms with Crippen molar-refractivity contribution in [1.29, 1.82) is 0 Å². The molecule has 66 valence electrons. The fourth-order valence-electron chi connectivity index (χ4n) is 0.298. The third kappa shape index (κ3) is 12.4. The van der Waals surface area contributed by atoms with Crippen LogP contribution in [0.5, 0.6) is 0 Å². The molecule has 2 N–H and O–H groups in total. The normalized spacial score (nSPS) is 11.7. The predicted octanol–water partition coefficient (Wildman–Crippen LogP) is 1.09. The highest BCUT2D eigenvalue weighted by molar-refractivity contribution is 5.81. The Kier molecular flexibility index (Phi) is 10.7. The molecule has 0 saturated heterocycles. The van der Waals surface area contributed by atoms with E-state index in [9.17, 15) is 4.79 Å². The van der Waals surface area contributed by atoms with Gasteiger partial charge in [-0.05, 0) is 6.92 Å². The summed E-state index contributed by atoms with van der Waals surface area (Å²) in [7, 11) is 1.33. The minimum atomic E-state index is -0.368. The molecule has 0 radical (unpaired) electrons. The standard InChI is InChI=1S/C6H11NO2.C2H6/c1-5(7)3-4-6(8)9-2;1-2/h3-5H,7H2,1-2H3;1-2H3/b4-3+;. The van der Waals surface area contributed by atoms with Gasteiger partial charge in [0.2, 0.25) is 0 Å². The molecular formula is C8H17NO2. The van der Waals surface area contributed by atoms with Crippen molar-refractivity contribution in [2.45, 2.75) is 26.8 Å². The van der Waals surface area contributed by atoms with Crippen molar-refractivity contribution >= 4 is 5.97 Å². The predicted molar refractivity (Wildman–Crippen MR) is 46.2 cm³/mol. The molecular weight excluding hydrogens is 142 g/mol. The van der Waals surface area contributed by atoms with Crippen LogP contribution in [0.3, 0.4) is 0 Å². The molecule has 3 heteroatoms. The smallest absolute Gasteiger partial charge is 0.330 e. The molecule has 0 aliphatic rings. The summed E-state index contributed by atoms with van der Waals surface area (Å²) in [5.41, 5.74) is 5.30. The summed E-state index contributed by atoms with van der Waals surface area (Å²) < 4.78 is 4.32. The number of methoxy groups -OCH3 is 1. The highest BCUT2D eigenvalue weighted by atomic mass is 16.5. The molecule has 1 atom stereocenters. The van der Waals surface area contributed by atoms with Gasteiger partial charge in [-0.1, -0.05) is 19.9 Å². The number of carbonyl (C=O) groups is 1. The van der Waals surface area contributed by atoms with Crippen LogP contribution in [0.25, 0.3) is 0 Å². The van der Waals surface area contributed by atoms with E-state index in [0.717, 1.165) is 0 Å². The van der Waals surface area contributed by atoms with Crippen molar-refractivity contribution < 1.29 is 9.53 Å². The number of nitrogens with two attached hydrogens (primary N) is 1. The Hall–Kier alpha value is -0.830. The van der Waals surface area contributed by atoms with Gasteiger partial charge in [-0.3, -0.25) is 0 Å². The van der Waals surface area contributed by atoms with Crippen molar-refractivity contribution in [2.75, 3.05) is 7.11 Å². The SMILES string of the molecule is CC.COC(=O)/C=C/C(C)N. The summed E-state index contributed by atoms with van der Waals surface area (Å²) in [5, 5.41) is 0. The van der Waals surface area contributed by atoms with Crippen LogP contribution in [0.4, 0.5) is 0 Å². The molecule has 0 aliphatic heterocycles. The maximum absolute atomic E-state index is 10.4. The Bertz CT molecular complexity index is 119. The monoisotopic (exact) mass is 159 g/mol. The van der Waals surface area contributed by atoms with Crippen LogP contribution in [0.15, 0.2) is 12.2 Å². The molecule has 0 bridgehead atoms. The van der Waals surface area contributed by atoms with E-state index in [4.69, 9.17) is 5.73 Å². The van der Waals surface area contributed by atoms with E-state index in [1.54, 1.807) is 13.0 Å². The Labute approximate surface area is 68.2 Å². The molecule has 1 unspecified atom stereocenters. The molecule has 0 aromatic rings. The Balaban J connectivity index is 0. The van der Waals surface area contributed by atoms with Gasteiger partial charge in [0.25, 0.3) is 0 Å². The van der Waals surface area contributed by atoms with Crippen LogP contribution >= 0.6 is 0 Å². The first-order valence-electron chi connectivity index (χ1n) is 3.68. The van der Waals surface area contributed by atoms with Crippen LogP contribution in [-0.2, 0) is 9.53 Å². The van der Waals surface area contributed by atoms with Crippen molar-refractivity contribution in [3.63, 3.8) is 0 Å². The van der Waals surface area contributed by atoms with E-state index >= 15 is 0 Å². The van der Waals surface area contributed by atoms with Crippen LogP contribution in [0.2, 0.25) is 0 Å². The van der Waals surface area contributed by atoms with Crippen LogP contribution in [0, 0.1) is 0 Å². The molecule has 0 rings (SSSR count). The average molecular weight is 159 g/mol. The summed E-state index contributed by atoms with van der Waals surface area (Å²) in [6.07, 6.45) is 2.89. The van der Waals surface area contributed by atoms with Crippen molar-refractivity contribution in [3.05, 3.63) is 12.2 Å². The lowest BCUT2D eigenvalue weighted by atomic mass is 10.3. The fourth-order valence-corrected chi connectivity index (χ4v) is 0.298. The Morgan fingerprint density at radius 3 is 2.27 bits per heavy atom. The molecule has 0 aliphatic carbocycles. The summed E-state index contributed by atoms with van der Waals surface area (Å²) in [4.78, 5) is 10.4. The quantitative estimate of drug-likeness (QED) is 0.484. The summed E-state index contributed by atoms with van der Waals surface area (Å²) in [6, 6.07) is -0.0934. The maximum Gasteiger partial charge on any atom is 0.330 e. The zero-order valence-electron chi connectivity index (χ0n) is 7.63. The first-order chi connectivity index (χ1) is 5.16. The fraction of sp³-hybridized carbons (Fsp3) is 0.625. The summed E-state index contributed by atoms with van der Waals surface area (Å²) >= 11 is 0. The average Bonchev–Trinajstić information content (AvgIpc) is 2.04. The zero-order valence-corrected chi connectivity index (χ0v) is 7.63. The molecule has 0 aromatic carbocycles. The van der Waals surface area contributed by atoms with E-state index in [1.807, 2.05) is 13.8 Å². The van der Waals surface area contributed by atoms with Crippen molar-refractivity contribution in [3.8, 4) is 0 Å². The highest BCUT2D eigenvalue weighted by Crippen LogP contribution is 1.80. The van der Waals surface area contributed by atoms with Crippen LogP contribution in [-0.4, -0.2) is 19.1 Å². The lowest BCUT2D eigenvalue weighted by Gasteiger charge is -1.92. The van der Waals surface area contributed by atoms with E-state index in [1.165, 1.54) is 13.2 Å². The lowest BCUT2D eigenvalue weighted by Crippen LogP contribution is -2.11. The highest BCUT2D eigenvalue weighted by Gasteiger charge is 1.90. The zero-order chi connectivity index (χ0) is 9.28. The largest absolute Gasteiger partial charge is 0.466 e. The van der Waals surface area contributed by atoms with E-state index in [0.29, 0.717) is 0 Å². The van der Waals surface area contributed by atoms with Crippen molar-refractivity contribution in [2.24, 2.45) is 5.73 Å². The topological polar surface area (TPSA) is 52.3 Å². The van der Waals surface area contributed by atoms with Gasteiger partial charge in [0, 0.05) is 12.1 Å². The molecule has 0 amide bonds. The Morgan fingerprint density at radius 1 is 1.55 bits per heavy atom. The Morgan fingerprint density at radius 2 is 2.00 bits per heavy atom. The number of carbonyl (C=O) groups excluding carboxylic acids is 1. The van der Waals surface area contributed by atoms with Crippen molar-refractivity contribution in [1.82, 2.24) is 0 Å². The second-order valence-electron chi connectivity index (χ2n) is 1.74. The minimum absolute atomic E-state index is 0.0934. The summed E-state index contributed by atoms with van der Waals surface area (Å²) in [5.74, 6) is -0.368. The number of hydrogen-bond acceptors (Lipinski definition) is 3. The van der Waals surface area contributed by atoms with Gasteiger partial charge < -0.3 is 10.5 Å². The first kappa shape index (κ1) is 12.8. The first-order valence-corrected chi connectivity index (χ1v) is 3.68. The van der Waals surface area contributed by atoms with Gasteiger partial charge >= 0.3 is 5.97 Å². The molecule has 0 heterocycles. The number of hydrogen-bond donors (Lipinski definition) is 1. The second-order valence-corrected chi connectivity index (χ2v) is 1.74. The van der Waals surface area contributed by atoms with Crippen LogP contribution < -0.4 is 5.73 Å². The molecule has 0 spiro atoms. The van der Waals surface area contributed by atoms with Gasteiger partial charge in [0.05, 0.1) is 7.11 Å². The lowest BCUT2D eigenvalue weighted by molar-refractivity contribution is -0.134. The molecule has 11 heavy (non-hydrogen) atoms. The third-order valence-electron chi connectivity index (χ3n) is 0.737. The van der Waals surface area contributed by atoms with Gasteiger partial charge in [0.1, 0.15) is 0 Å². The minimum Gasteiger partial charge on any atom is -0.466 e. The van der Waals surface area contributed by atoms with Gasteiger partial charge in [0.15, 0.2) is 0 Å². The van der Waals surface area contributed by atoms with Crippen LogP contribution in [0.1, 0.15) is 20.8 Å². The molecule has 0 fully saturated rings.